The van der Waals surface area contributed by atoms with Gasteiger partial charge in [0.1, 0.15) is 0 Å². The summed E-state index contributed by atoms with van der Waals surface area (Å²) in [6.07, 6.45) is 0.940. The predicted octanol–water partition coefficient (Wildman–Crippen LogP) is 1.17. The first-order valence-electron chi connectivity index (χ1n) is 5.72. The first kappa shape index (κ1) is 13.2. The highest BCUT2D eigenvalue weighted by Gasteiger charge is 1.99. The molecule has 1 rings (SSSR count). The van der Waals surface area contributed by atoms with Crippen LogP contribution in [0.2, 0.25) is 0 Å². The Balaban J connectivity index is 2.31. The number of nitrogens with zero attached hydrogens (tertiary/aromatic N) is 1. The lowest BCUT2D eigenvalue weighted by Crippen LogP contribution is -2.33. The number of benzene rings is 1. The molecular weight excluding hydrogens is 214 g/mol. The fraction of sp³-hybridized carbons (Fsp3) is 0.385. The average Bonchev–Trinajstić information content (AvgIpc) is 2.36. The van der Waals surface area contributed by atoms with Crippen molar-refractivity contribution in [2.24, 2.45) is 0 Å². The molecule has 0 radical (unpaired) electrons. The second-order valence-corrected chi connectivity index (χ2v) is 3.77. The highest BCUT2D eigenvalue weighted by molar-refractivity contribution is 5.77. The van der Waals surface area contributed by atoms with Gasteiger partial charge in [0.15, 0.2) is 0 Å². The summed E-state index contributed by atoms with van der Waals surface area (Å²) in [5.41, 5.74) is 1.65. The largest absolute Gasteiger partial charge is 0.355 e. The Morgan fingerprint density at radius 2 is 2.29 bits per heavy atom. The van der Waals surface area contributed by atoms with E-state index in [0.717, 1.165) is 12.0 Å². The minimum Gasteiger partial charge on any atom is -0.355 e. The van der Waals surface area contributed by atoms with E-state index in [0.29, 0.717) is 25.2 Å². The zero-order chi connectivity index (χ0) is 12.5. The Bertz CT molecular complexity index is 409. The van der Waals surface area contributed by atoms with Gasteiger partial charge in [-0.15, -0.1) is 0 Å². The molecule has 0 saturated carbocycles. The van der Waals surface area contributed by atoms with Gasteiger partial charge >= 0.3 is 0 Å². The van der Waals surface area contributed by atoms with Crippen molar-refractivity contribution in [3.8, 4) is 6.07 Å². The molecule has 2 N–H and O–H groups in total. The van der Waals surface area contributed by atoms with Gasteiger partial charge in [-0.05, 0) is 24.1 Å². The van der Waals surface area contributed by atoms with Crippen LogP contribution in [-0.4, -0.2) is 19.0 Å². The Kier molecular flexibility index (Phi) is 5.76. The molecule has 0 unspecified atom stereocenters. The van der Waals surface area contributed by atoms with Gasteiger partial charge in [-0.2, -0.15) is 5.26 Å². The van der Waals surface area contributed by atoms with E-state index in [4.69, 9.17) is 5.26 Å². The van der Waals surface area contributed by atoms with E-state index in [-0.39, 0.29) is 5.91 Å². The molecule has 0 fully saturated rings. The van der Waals surface area contributed by atoms with E-state index in [2.05, 4.69) is 16.7 Å². The maximum atomic E-state index is 11.3. The van der Waals surface area contributed by atoms with Crippen LogP contribution in [0.3, 0.4) is 0 Å². The van der Waals surface area contributed by atoms with Crippen LogP contribution in [0.15, 0.2) is 24.3 Å². The summed E-state index contributed by atoms with van der Waals surface area (Å²) < 4.78 is 0. The first-order valence-corrected chi connectivity index (χ1v) is 5.72. The number of carbonyl (C=O) groups excluding carboxylic acids is 1. The lowest BCUT2D eigenvalue weighted by Gasteiger charge is -2.06. The van der Waals surface area contributed by atoms with E-state index >= 15 is 0 Å². The molecule has 1 aromatic carbocycles. The molecule has 1 amide bonds. The quantitative estimate of drug-likeness (QED) is 0.772. The van der Waals surface area contributed by atoms with Crippen molar-refractivity contribution < 1.29 is 4.79 Å². The summed E-state index contributed by atoms with van der Waals surface area (Å²) in [4.78, 5) is 11.3. The van der Waals surface area contributed by atoms with Gasteiger partial charge in [0.05, 0.1) is 18.2 Å². The highest BCUT2D eigenvalue weighted by Crippen LogP contribution is 2.03. The highest BCUT2D eigenvalue weighted by atomic mass is 16.1. The monoisotopic (exact) mass is 231 g/mol. The van der Waals surface area contributed by atoms with Gasteiger partial charge in [0.25, 0.3) is 0 Å². The molecule has 0 aliphatic carbocycles. The molecule has 0 aromatic heterocycles. The van der Waals surface area contributed by atoms with Gasteiger partial charge in [0.2, 0.25) is 5.91 Å². The van der Waals surface area contributed by atoms with Crippen LogP contribution in [-0.2, 0) is 11.3 Å². The topological polar surface area (TPSA) is 64.9 Å². The number of carbonyl (C=O) groups is 1. The number of nitriles is 1. The van der Waals surface area contributed by atoms with Gasteiger partial charge in [0, 0.05) is 13.1 Å². The van der Waals surface area contributed by atoms with E-state index in [1.54, 1.807) is 6.07 Å². The van der Waals surface area contributed by atoms with Crippen LogP contribution in [0.25, 0.3) is 0 Å². The van der Waals surface area contributed by atoms with Crippen molar-refractivity contribution >= 4 is 5.91 Å². The summed E-state index contributed by atoms with van der Waals surface area (Å²) in [5, 5.41) is 14.6. The maximum absolute atomic E-state index is 11.3. The normalized spacial score (nSPS) is 9.65. The number of hydrogen-bond acceptors (Lipinski definition) is 3. The number of amides is 1. The summed E-state index contributed by atoms with van der Waals surface area (Å²) >= 11 is 0. The predicted molar refractivity (Wildman–Crippen MR) is 66.2 cm³/mol. The van der Waals surface area contributed by atoms with Crippen LogP contribution in [0.5, 0.6) is 0 Å². The smallest absolute Gasteiger partial charge is 0.233 e. The molecule has 0 saturated heterocycles. The second-order valence-electron chi connectivity index (χ2n) is 3.77. The van der Waals surface area contributed by atoms with Crippen molar-refractivity contribution in [2.75, 3.05) is 13.1 Å². The number of hydrogen-bond donors (Lipinski definition) is 2. The van der Waals surface area contributed by atoms with Crippen LogP contribution in [0.4, 0.5) is 0 Å². The molecule has 4 heteroatoms. The molecule has 17 heavy (non-hydrogen) atoms. The molecule has 0 atom stereocenters. The molecule has 0 aliphatic heterocycles. The molecule has 90 valence electrons. The van der Waals surface area contributed by atoms with E-state index in [1.165, 1.54) is 0 Å². The molecule has 1 aromatic rings. The van der Waals surface area contributed by atoms with E-state index < -0.39 is 0 Å². The summed E-state index contributed by atoms with van der Waals surface area (Å²) in [6, 6.07) is 9.43. The molecule has 0 aliphatic rings. The lowest BCUT2D eigenvalue weighted by molar-refractivity contribution is -0.120. The third kappa shape index (κ3) is 5.14. The zero-order valence-corrected chi connectivity index (χ0v) is 9.99. The third-order valence-corrected chi connectivity index (χ3v) is 2.24. The van der Waals surface area contributed by atoms with Crippen molar-refractivity contribution in [2.45, 2.75) is 19.9 Å². The number of rotatable bonds is 6. The Hall–Kier alpha value is -1.86. The summed E-state index contributed by atoms with van der Waals surface area (Å²) in [6.45, 7) is 3.62. The zero-order valence-electron chi connectivity index (χ0n) is 9.99. The minimum absolute atomic E-state index is 0.00304. The maximum Gasteiger partial charge on any atom is 0.233 e. The van der Waals surface area contributed by atoms with Crippen LogP contribution >= 0.6 is 0 Å². The van der Waals surface area contributed by atoms with Crippen LogP contribution in [0, 0.1) is 11.3 Å². The summed E-state index contributed by atoms with van der Waals surface area (Å²) in [7, 11) is 0. The van der Waals surface area contributed by atoms with Crippen molar-refractivity contribution in [3.63, 3.8) is 0 Å². The van der Waals surface area contributed by atoms with Crippen molar-refractivity contribution in [1.29, 1.82) is 5.26 Å². The lowest BCUT2D eigenvalue weighted by atomic mass is 10.1. The van der Waals surface area contributed by atoms with Gasteiger partial charge < -0.3 is 10.6 Å². The van der Waals surface area contributed by atoms with Crippen molar-refractivity contribution in [1.82, 2.24) is 10.6 Å². The van der Waals surface area contributed by atoms with E-state index in [1.807, 2.05) is 25.1 Å². The van der Waals surface area contributed by atoms with Gasteiger partial charge in [-0.1, -0.05) is 19.1 Å². The standard InChI is InChI=1S/C13H17N3O/c1-2-6-16-13(17)10-15-9-12-5-3-4-11(7-12)8-14/h3-5,7,15H,2,6,9-10H2,1H3,(H,16,17). The SMILES string of the molecule is CCCNC(=O)CNCc1cccc(C#N)c1. The minimum atomic E-state index is 0.00304. The fourth-order valence-corrected chi connectivity index (χ4v) is 1.40. The Morgan fingerprint density at radius 3 is 3.00 bits per heavy atom. The molecule has 0 heterocycles. The summed E-state index contributed by atoms with van der Waals surface area (Å²) in [5.74, 6) is 0.00304. The number of nitrogens with one attached hydrogen (secondary N) is 2. The molecule has 0 spiro atoms. The van der Waals surface area contributed by atoms with Crippen LogP contribution < -0.4 is 10.6 Å². The second kappa shape index (κ2) is 7.42. The molecule has 4 nitrogen and oxygen atoms in total. The molecule has 0 bridgehead atoms. The van der Waals surface area contributed by atoms with Gasteiger partial charge in [-0.3, -0.25) is 4.79 Å². The Morgan fingerprint density at radius 1 is 1.47 bits per heavy atom. The van der Waals surface area contributed by atoms with E-state index in [9.17, 15) is 4.79 Å². The fourth-order valence-electron chi connectivity index (χ4n) is 1.40. The average molecular weight is 231 g/mol. The third-order valence-electron chi connectivity index (χ3n) is 2.24. The molecular formula is C13H17N3O. The first-order chi connectivity index (χ1) is 8.26. The van der Waals surface area contributed by atoms with Gasteiger partial charge in [-0.25, -0.2) is 0 Å². The van der Waals surface area contributed by atoms with Crippen molar-refractivity contribution in [3.05, 3.63) is 35.4 Å². The Labute approximate surface area is 102 Å². The van der Waals surface area contributed by atoms with Crippen LogP contribution in [0.1, 0.15) is 24.5 Å².